The number of nitrogens with zero attached hydrogens (tertiary/aromatic N) is 3. The summed E-state index contributed by atoms with van der Waals surface area (Å²) in [6, 6.07) is 11.4. The fraction of sp³-hybridized carbons (Fsp3) is 0.515. The Kier molecular flexibility index (Phi) is 11.9. The normalized spacial score (nSPS) is 15.9. The molecule has 3 heterocycles. The Hall–Kier alpha value is -2.58. The summed E-state index contributed by atoms with van der Waals surface area (Å²) in [4.78, 5) is 20.7. The smallest absolute Gasteiger partial charge is 0.459 e. The number of aromatic nitrogens is 1. The number of phosphoric acid groups is 1. The summed E-state index contributed by atoms with van der Waals surface area (Å²) in [5.74, 6) is 1.13. The molecule has 0 saturated heterocycles. The Labute approximate surface area is 275 Å². The summed E-state index contributed by atoms with van der Waals surface area (Å²) >= 11 is 0. The maximum Gasteiger partial charge on any atom is 0.476 e. The maximum atomic E-state index is 13.7. The number of fused-ring (bicyclic) bond motifs is 2. The molecule has 0 saturated carbocycles. The van der Waals surface area contributed by atoms with Crippen LogP contribution in [0.5, 0.6) is 0 Å². The van der Waals surface area contributed by atoms with E-state index in [-0.39, 0.29) is 12.6 Å². The van der Waals surface area contributed by atoms with Crippen LogP contribution in [0.25, 0.3) is 17.0 Å². The molecule has 0 bridgehead atoms. The van der Waals surface area contributed by atoms with Gasteiger partial charge in [-0.15, -0.1) is 0 Å². The van der Waals surface area contributed by atoms with Crippen LogP contribution in [0.3, 0.4) is 0 Å². The highest BCUT2D eigenvalue weighted by Crippen LogP contribution is 2.50. The highest BCUT2D eigenvalue weighted by atomic mass is 31.2. The molecule has 0 aliphatic carbocycles. The van der Waals surface area contributed by atoms with Gasteiger partial charge < -0.3 is 19.3 Å². The van der Waals surface area contributed by atoms with E-state index in [1.54, 1.807) is 29.1 Å². The fourth-order valence-corrected chi connectivity index (χ4v) is 7.81. The zero-order valence-corrected chi connectivity index (χ0v) is 31.4. The Morgan fingerprint density at radius 3 is 2.39 bits per heavy atom. The van der Waals surface area contributed by atoms with E-state index < -0.39 is 30.2 Å². The number of carbonyl (C=O) groups is 1. The molecular weight excluding hydrogens is 638 g/mol. The zero-order valence-electron chi connectivity index (χ0n) is 28.5. The number of likely N-dealkylation sites (N-methyl/N-ethyl adjacent to an activating group) is 1. The molecule has 4 rings (SSSR count). The van der Waals surface area contributed by atoms with Crippen LogP contribution in [0, 0.1) is 6.92 Å². The SMILES string of the molecule is Cc1c(CN(C)C(=O)/C=C/c2cnc3c(c2)CCC(O)N3COP(=O)(OCC[Si](C)(C)C)OCC[Si](C)(C)C)oc2ccccc12. The van der Waals surface area contributed by atoms with Crippen molar-refractivity contribution in [2.24, 2.45) is 0 Å². The molecule has 1 aromatic carbocycles. The number of para-hydroxylation sites is 1. The summed E-state index contributed by atoms with van der Waals surface area (Å²) in [5, 5.41) is 11.9. The van der Waals surface area contributed by atoms with Gasteiger partial charge in [0.2, 0.25) is 5.91 Å². The standard InChI is InChI=1S/C33H50N3O7PSi2/c1-25-28-11-9-10-12-29(28)43-30(25)23-35(2)31(37)15-13-26-21-27-14-16-32(38)36(33(27)34-22-26)24-42-44(39,40-17-19-45(3,4)5)41-18-20-46(6,7)8/h9-13,15,21-22,32,38H,14,16-20,23-24H2,1-8H3/b15-13+. The van der Waals surface area contributed by atoms with Crippen LogP contribution in [0.2, 0.25) is 51.4 Å². The maximum absolute atomic E-state index is 13.7. The minimum absolute atomic E-state index is 0.165. The quantitative estimate of drug-likeness (QED) is 0.0977. The first kappa shape index (κ1) is 36.3. The van der Waals surface area contributed by atoms with Crippen molar-refractivity contribution in [1.82, 2.24) is 9.88 Å². The Bertz CT molecular complexity index is 1560. The van der Waals surface area contributed by atoms with Crippen molar-refractivity contribution >= 4 is 52.7 Å². The molecule has 0 radical (unpaired) electrons. The van der Waals surface area contributed by atoms with E-state index in [1.807, 2.05) is 37.3 Å². The molecule has 0 fully saturated rings. The van der Waals surface area contributed by atoms with Crippen molar-refractivity contribution < 1.29 is 32.5 Å². The number of anilines is 1. The molecule has 1 atom stereocenters. The van der Waals surface area contributed by atoms with Crippen molar-refractivity contribution in [1.29, 1.82) is 0 Å². The number of amides is 1. The van der Waals surface area contributed by atoms with E-state index in [9.17, 15) is 14.5 Å². The van der Waals surface area contributed by atoms with Crippen LogP contribution < -0.4 is 4.90 Å². The van der Waals surface area contributed by atoms with Crippen LogP contribution in [0.4, 0.5) is 5.82 Å². The first-order valence-electron chi connectivity index (χ1n) is 15.9. The predicted octanol–water partition coefficient (Wildman–Crippen LogP) is 7.67. The Balaban J connectivity index is 1.41. The third-order valence-electron chi connectivity index (χ3n) is 7.94. The predicted molar refractivity (Wildman–Crippen MR) is 189 cm³/mol. The van der Waals surface area contributed by atoms with E-state index in [1.165, 1.54) is 6.08 Å². The van der Waals surface area contributed by atoms with E-state index in [0.717, 1.165) is 45.5 Å². The van der Waals surface area contributed by atoms with Gasteiger partial charge in [-0.3, -0.25) is 18.4 Å². The number of furan rings is 1. The fourth-order valence-electron chi connectivity index (χ4n) is 4.92. The molecular formula is C33H50N3O7PSi2. The summed E-state index contributed by atoms with van der Waals surface area (Å²) < 4.78 is 37.0. The third-order valence-corrected chi connectivity index (χ3v) is 12.8. The molecule has 252 valence electrons. The number of benzene rings is 1. The molecule has 1 amide bonds. The lowest BCUT2D eigenvalue weighted by atomic mass is 10.0. The van der Waals surface area contributed by atoms with Crippen LogP contribution in [0.1, 0.15) is 28.9 Å². The first-order chi connectivity index (χ1) is 21.5. The van der Waals surface area contributed by atoms with Crippen molar-refractivity contribution in [3.05, 3.63) is 65.1 Å². The van der Waals surface area contributed by atoms with Crippen molar-refractivity contribution in [2.45, 2.75) is 83.9 Å². The lowest BCUT2D eigenvalue weighted by molar-refractivity contribution is -0.125. The lowest BCUT2D eigenvalue weighted by Gasteiger charge is -2.35. The second-order valence-corrected chi connectivity index (χ2v) is 27.3. The van der Waals surface area contributed by atoms with Crippen LogP contribution in [-0.2, 0) is 35.9 Å². The van der Waals surface area contributed by atoms with Gasteiger partial charge in [0.15, 0.2) is 0 Å². The number of aliphatic hydroxyl groups is 1. The highest BCUT2D eigenvalue weighted by Gasteiger charge is 2.33. The molecule has 1 aliphatic rings. The minimum Gasteiger partial charge on any atom is -0.459 e. The minimum atomic E-state index is -3.87. The van der Waals surface area contributed by atoms with Crippen molar-refractivity contribution in [2.75, 3.05) is 31.9 Å². The average molecular weight is 688 g/mol. The molecule has 10 nitrogen and oxygen atoms in total. The van der Waals surface area contributed by atoms with E-state index in [0.29, 0.717) is 38.4 Å². The molecule has 1 unspecified atom stereocenters. The first-order valence-corrected chi connectivity index (χ1v) is 24.8. The van der Waals surface area contributed by atoms with Gasteiger partial charge in [0.25, 0.3) is 0 Å². The van der Waals surface area contributed by atoms with Gasteiger partial charge >= 0.3 is 7.82 Å². The molecule has 3 aromatic rings. The molecule has 46 heavy (non-hydrogen) atoms. The van der Waals surface area contributed by atoms with Crippen LogP contribution in [0.15, 0.2) is 47.0 Å². The number of aryl methyl sites for hydroxylation is 2. The van der Waals surface area contributed by atoms with Crippen LogP contribution in [-0.4, -0.2) is 70.3 Å². The number of rotatable bonds is 15. The average Bonchev–Trinajstić information content (AvgIpc) is 3.28. The van der Waals surface area contributed by atoms with Gasteiger partial charge in [-0.05, 0) is 61.2 Å². The molecule has 1 aliphatic heterocycles. The monoisotopic (exact) mass is 687 g/mol. The summed E-state index contributed by atoms with van der Waals surface area (Å²) in [5.41, 5.74) is 3.49. The van der Waals surface area contributed by atoms with E-state index in [4.69, 9.17) is 18.0 Å². The topological polar surface area (TPSA) is 115 Å². The number of pyridine rings is 1. The summed E-state index contributed by atoms with van der Waals surface area (Å²) in [6.07, 6.45) is 5.07. The number of phosphoric ester groups is 1. The van der Waals surface area contributed by atoms with Gasteiger partial charge in [0, 0.05) is 46.4 Å². The van der Waals surface area contributed by atoms with Crippen LogP contribution >= 0.6 is 7.82 Å². The number of carbonyl (C=O) groups excluding carboxylic acids is 1. The van der Waals surface area contributed by atoms with Gasteiger partial charge in [-0.2, -0.15) is 0 Å². The highest BCUT2D eigenvalue weighted by molar-refractivity contribution is 7.48. The van der Waals surface area contributed by atoms with Gasteiger partial charge in [0.1, 0.15) is 30.1 Å². The van der Waals surface area contributed by atoms with Gasteiger partial charge in [-0.1, -0.05) is 57.5 Å². The van der Waals surface area contributed by atoms with Gasteiger partial charge in [0.05, 0.1) is 19.8 Å². The Morgan fingerprint density at radius 2 is 1.76 bits per heavy atom. The number of hydrogen-bond donors (Lipinski definition) is 1. The van der Waals surface area contributed by atoms with E-state index >= 15 is 0 Å². The summed E-state index contributed by atoms with van der Waals surface area (Å²) in [6.45, 7) is 16.1. The third kappa shape index (κ3) is 10.2. The summed E-state index contributed by atoms with van der Waals surface area (Å²) in [7, 11) is -4.99. The Morgan fingerprint density at radius 1 is 1.11 bits per heavy atom. The van der Waals surface area contributed by atoms with Crippen molar-refractivity contribution in [3.63, 3.8) is 0 Å². The number of hydrogen-bond acceptors (Lipinski definition) is 9. The lowest BCUT2D eigenvalue weighted by Crippen LogP contribution is -2.41. The second kappa shape index (κ2) is 15.1. The second-order valence-electron chi connectivity index (χ2n) is 14.4. The molecule has 13 heteroatoms. The van der Waals surface area contributed by atoms with Crippen molar-refractivity contribution in [3.8, 4) is 0 Å². The molecule has 1 N–H and O–H groups in total. The number of aliphatic hydroxyl groups excluding tert-OH is 1. The molecule has 0 spiro atoms. The largest absolute Gasteiger partial charge is 0.476 e. The zero-order chi connectivity index (χ0) is 33.7. The van der Waals surface area contributed by atoms with E-state index in [2.05, 4.69) is 44.3 Å². The van der Waals surface area contributed by atoms with Gasteiger partial charge in [-0.25, -0.2) is 9.55 Å². The molecule has 2 aromatic heterocycles.